The topological polar surface area (TPSA) is 96.6 Å². The SMILES string of the molecule is COc1cc(/C=C2/C(=N)N3C(SC)=NSC3=NC2=O)ccc1OCCOc1cccc(C)c1. The summed E-state index contributed by atoms with van der Waals surface area (Å²) in [7, 11) is 1.55. The Kier molecular flexibility index (Phi) is 7.05. The smallest absolute Gasteiger partial charge is 0.283 e. The van der Waals surface area contributed by atoms with E-state index in [9.17, 15) is 4.79 Å². The molecule has 4 rings (SSSR count). The number of ether oxygens (including phenoxy) is 3. The van der Waals surface area contributed by atoms with Crippen LogP contribution >= 0.6 is 23.7 Å². The fourth-order valence-corrected chi connectivity index (χ4v) is 4.66. The van der Waals surface area contributed by atoms with Gasteiger partial charge in [0.25, 0.3) is 5.91 Å². The molecule has 1 amide bonds. The molecule has 0 saturated carbocycles. The van der Waals surface area contributed by atoms with Crippen molar-refractivity contribution in [2.45, 2.75) is 6.92 Å². The maximum atomic E-state index is 12.5. The first kappa shape index (κ1) is 22.9. The summed E-state index contributed by atoms with van der Waals surface area (Å²) in [4.78, 5) is 18.2. The summed E-state index contributed by atoms with van der Waals surface area (Å²) in [6.07, 6.45) is 3.49. The molecule has 1 N–H and O–H groups in total. The molecule has 0 saturated heterocycles. The lowest BCUT2D eigenvalue weighted by Crippen LogP contribution is -2.41. The van der Waals surface area contributed by atoms with Gasteiger partial charge in [-0.05, 0) is 54.6 Å². The normalized spacial score (nSPS) is 16.5. The molecule has 2 aliphatic rings. The molecule has 2 heterocycles. The monoisotopic (exact) mass is 482 g/mol. The second-order valence-corrected chi connectivity index (χ2v) is 8.54. The molecular weight excluding hydrogens is 460 g/mol. The predicted octanol–water partition coefficient (Wildman–Crippen LogP) is 4.40. The molecule has 0 fully saturated rings. The van der Waals surface area contributed by atoms with Crippen LogP contribution in [-0.4, -0.2) is 53.6 Å². The maximum Gasteiger partial charge on any atom is 0.283 e. The molecule has 10 heteroatoms. The van der Waals surface area contributed by atoms with Crippen LogP contribution in [0.2, 0.25) is 0 Å². The van der Waals surface area contributed by atoms with Gasteiger partial charge < -0.3 is 14.2 Å². The first-order chi connectivity index (χ1) is 16.0. The summed E-state index contributed by atoms with van der Waals surface area (Å²) in [6.45, 7) is 2.74. The van der Waals surface area contributed by atoms with E-state index in [4.69, 9.17) is 19.6 Å². The number of methoxy groups -OCH3 is 1. The number of rotatable bonds is 7. The number of hydrogen-bond donors (Lipinski definition) is 1. The van der Waals surface area contributed by atoms with E-state index in [1.165, 1.54) is 11.8 Å². The molecule has 0 aliphatic carbocycles. The Morgan fingerprint density at radius 3 is 2.73 bits per heavy atom. The molecule has 33 heavy (non-hydrogen) atoms. The lowest BCUT2D eigenvalue weighted by molar-refractivity contribution is -0.114. The highest BCUT2D eigenvalue weighted by molar-refractivity contribution is 8.18. The van der Waals surface area contributed by atoms with Crippen molar-refractivity contribution in [3.8, 4) is 17.2 Å². The molecular formula is C23H22N4O4S2. The van der Waals surface area contributed by atoms with E-state index < -0.39 is 5.91 Å². The van der Waals surface area contributed by atoms with E-state index in [2.05, 4.69) is 9.39 Å². The summed E-state index contributed by atoms with van der Waals surface area (Å²) in [6, 6.07) is 13.2. The Hall–Kier alpha value is -3.24. The minimum absolute atomic E-state index is 0.0516. The van der Waals surface area contributed by atoms with E-state index >= 15 is 0 Å². The van der Waals surface area contributed by atoms with Crippen LogP contribution in [0.25, 0.3) is 6.08 Å². The summed E-state index contributed by atoms with van der Waals surface area (Å²) in [5.74, 6) is 1.45. The molecule has 0 unspecified atom stereocenters. The minimum atomic E-state index is -0.469. The van der Waals surface area contributed by atoms with Gasteiger partial charge in [-0.1, -0.05) is 30.0 Å². The number of carbonyl (C=O) groups is 1. The van der Waals surface area contributed by atoms with Gasteiger partial charge in [0.15, 0.2) is 16.7 Å². The summed E-state index contributed by atoms with van der Waals surface area (Å²) in [5, 5.41) is 9.53. The maximum absolute atomic E-state index is 12.5. The summed E-state index contributed by atoms with van der Waals surface area (Å²) < 4.78 is 21.3. The van der Waals surface area contributed by atoms with Crippen molar-refractivity contribution >= 4 is 51.9 Å². The molecule has 0 bridgehead atoms. The van der Waals surface area contributed by atoms with E-state index in [-0.39, 0.29) is 11.4 Å². The lowest BCUT2D eigenvalue weighted by Gasteiger charge is -2.23. The number of hydrogen-bond acceptors (Lipinski definition) is 8. The van der Waals surface area contributed by atoms with Crippen LogP contribution in [-0.2, 0) is 4.79 Å². The number of aliphatic imine (C=N–C) groups is 1. The van der Waals surface area contributed by atoms with Crippen molar-refractivity contribution in [1.29, 1.82) is 5.41 Å². The van der Waals surface area contributed by atoms with Gasteiger partial charge in [-0.2, -0.15) is 9.39 Å². The fraction of sp³-hybridized carbons (Fsp3) is 0.217. The summed E-state index contributed by atoms with van der Waals surface area (Å²) in [5.41, 5.74) is 2.01. The number of thioether (sulfide) groups is 1. The minimum Gasteiger partial charge on any atom is -0.493 e. The quantitative estimate of drug-likeness (QED) is 0.355. The lowest BCUT2D eigenvalue weighted by atomic mass is 10.1. The number of nitrogens with zero attached hydrogens (tertiary/aromatic N) is 3. The third-order valence-corrected chi connectivity index (χ3v) is 6.23. The highest BCUT2D eigenvalue weighted by Crippen LogP contribution is 2.33. The van der Waals surface area contributed by atoms with Gasteiger partial charge in [-0.25, -0.2) is 4.90 Å². The molecule has 8 nitrogen and oxygen atoms in total. The molecule has 0 aromatic heterocycles. The van der Waals surface area contributed by atoms with Crippen LogP contribution in [0.5, 0.6) is 17.2 Å². The van der Waals surface area contributed by atoms with Crippen LogP contribution in [0.15, 0.2) is 57.4 Å². The Morgan fingerprint density at radius 1 is 1.15 bits per heavy atom. The van der Waals surface area contributed by atoms with Crippen molar-refractivity contribution in [3.63, 3.8) is 0 Å². The molecule has 2 aromatic carbocycles. The van der Waals surface area contributed by atoms with Crippen LogP contribution < -0.4 is 14.2 Å². The third-order valence-electron chi connectivity index (χ3n) is 4.77. The van der Waals surface area contributed by atoms with Gasteiger partial charge >= 0.3 is 0 Å². The largest absolute Gasteiger partial charge is 0.493 e. The standard InChI is InChI=1S/C23H22N4O4S2/c1-14-5-4-6-16(11-14)30-9-10-31-18-8-7-15(13-19(18)29-2)12-17-20(24)27-22(25-21(17)28)33-26-23(27)32-3/h4-8,11-13,24H,9-10H2,1-3H3/b17-12-,24-20?. The van der Waals surface area contributed by atoms with Gasteiger partial charge in [-0.3, -0.25) is 10.2 Å². The zero-order chi connectivity index (χ0) is 23.4. The van der Waals surface area contributed by atoms with Crippen molar-refractivity contribution in [3.05, 3.63) is 59.2 Å². The van der Waals surface area contributed by atoms with E-state index in [1.807, 2.05) is 37.4 Å². The molecule has 2 aliphatic heterocycles. The highest BCUT2D eigenvalue weighted by atomic mass is 32.2. The Labute approximate surface area is 200 Å². The predicted molar refractivity (Wildman–Crippen MR) is 134 cm³/mol. The van der Waals surface area contributed by atoms with E-state index in [0.717, 1.165) is 23.3 Å². The van der Waals surface area contributed by atoms with Crippen LogP contribution in [0.1, 0.15) is 11.1 Å². The van der Waals surface area contributed by atoms with Gasteiger partial charge in [-0.15, -0.1) is 0 Å². The fourth-order valence-electron chi connectivity index (χ4n) is 3.21. The van der Waals surface area contributed by atoms with Gasteiger partial charge in [0.1, 0.15) is 24.8 Å². The average Bonchev–Trinajstić information content (AvgIpc) is 3.23. The van der Waals surface area contributed by atoms with Crippen LogP contribution in [0.3, 0.4) is 0 Å². The first-order valence-corrected chi connectivity index (χ1v) is 12.0. The van der Waals surface area contributed by atoms with Gasteiger partial charge in [0.05, 0.1) is 24.6 Å². The number of amidine groups is 3. The van der Waals surface area contributed by atoms with Gasteiger partial charge in [0.2, 0.25) is 5.17 Å². The second-order valence-electron chi connectivity index (χ2n) is 7.03. The highest BCUT2D eigenvalue weighted by Gasteiger charge is 2.36. The van der Waals surface area contributed by atoms with Gasteiger partial charge in [0, 0.05) is 0 Å². The summed E-state index contributed by atoms with van der Waals surface area (Å²) >= 11 is 2.49. The molecule has 0 spiro atoms. The first-order valence-electron chi connectivity index (χ1n) is 10.0. The number of nitrogens with one attached hydrogen (secondary N) is 1. The zero-order valence-corrected chi connectivity index (χ0v) is 20.0. The third kappa shape index (κ3) is 5.07. The molecule has 0 radical (unpaired) electrons. The van der Waals surface area contributed by atoms with Crippen LogP contribution in [0, 0.1) is 12.3 Å². The average molecular weight is 483 g/mol. The molecule has 170 valence electrons. The number of fused-ring (bicyclic) bond motifs is 1. The van der Waals surface area contributed by atoms with Crippen molar-refractivity contribution < 1.29 is 19.0 Å². The Morgan fingerprint density at radius 2 is 1.97 bits per heavy atom. The van der Waals surface area contributed by atoms with E-state index in [1.54, 1.807) is 36.3 Å². The zero-order valence-electron chi connectivity index (χ0n) is 18.3. The van der Waals surface area contributed by atoms with Crippen molar-refractivity contribution in [2.75, 3.05) is 26.6 Å². The molecule has 2 aromatic rings. The van der Waals surface area contributed by atoms with Crippen LogP contribution in [0.4, 0.5) is 0 Å². The number of amides is 1. The molecule has 0 atom stereocenters. The number of aryl methyl sites for hydroxylation is 1. The number of benzene rings is 2. The Bertz CT molecular complexity index is 1190. The Balaban J connectivity index is 1.45. The van der Waals surface area contributed by atoms with E-state index in [0.29, 0.717) is 40.6 Å². The number of carbonyl (C=O) groups excluding carboxylic acids is 1. The van der Waals surface area contributed by atoms with Crippen molar-refractivity contribution in [2.24, 2.45) is 9.39 Å². The second kappa shape index (κ2) is 10.1. The van der Waals surface area contributed by atoms with Crippen molar-refractivity contribution in [1.82, 2.24) is 4.90 Å².